The van der Waals surface area contributed by atoms with E-state index in [1.54, 1.807) is 32.4 Å². The molecule has 5 heteroatoms. The monoisotopic (exact) mass is 240 g/mol. The van der Waals surface area contributed by atoms with Crippen molar-refractivity contribution in [2.75, 3.05) is 27.9 Å². The Morgan fingerprint density at radius 2 is 1.53 bits per heavy atom. The highest BCUT2D eigenvalue weighted by molar-refractivity contribution is 5.69. The number of benzene rings is 1. The van der Waals surface area contributed by atoms with Crippen molar-refractivity contribution in [1.29, 1.82) is 0 Å². The Labute approximate surface area is 100 Å². The SMILES string of the molecule is COC(=O)CCOc1cc(OC)cc(OC)c1. The van der Waals surface area contributed by atoms with Crippen molar-refractivity contribution in [3.05, 3.63) is 18.2 Å². The second-order valence-electron chi connectivity index (χ2n) is 3.22. The summed E-state index contributed by atoms with van der Waals surface area (Å²) in [5.41, 5.74) is 0. The number of esters is 1. The molecule has 0 fully saturated rings. The van der Waals surface area contributed by atoms with Crippen molar-refractivity contribution >= 4 is 5.97 Å². The van der Waals surface area contributed by atoms with Gasteiger partial charge in [-0.2, -0.15) is 0 Å². The Balaban J connectivity index is 2.60. The van der Waals surface area contributed by atoms with Crippen molar-refractivity contribution in [2.45, 2.75) is 6.42 Å². The van der Waals surface area contributed by atoms with Gasteiger partial charge in [0.1, 0.15) is 17.2 Å². The molecule has 0 radical (unpaired) electrons. The van der Waals surface area contributed by atoms with Gasteiger partial charge in [-0.05, 0) is 0 Å². The predicted molar refractivity (Wildman–Crippen MR) is 61.7 cm³/mol. The summed E-state index contributed by atoms with van der Waals surface area (Å²) in [6, 6.07) is 5.19. The van der Waals surface area contributed by atoms with Gasteiger partial charge in [-0.3, -0.25) is 4.79 Å². The highest BCUT2D eigenvalue weighted by atomic mass is 16.5. The summed E-state index contributed by atoms with van der Waals surface area (Å²) in [5.74, 6) is 1.56. The largest absolute Gasteiger partial charge is 0.496 e. The van der Waals surface area contributed by atoms with Crippen LogP contribution >= 0.6 is 0 Å². The van der Waals surface area contributed by atoms with Gasteiger partial charge in [-0.25, -0.2) is 0 Å². The molecular formula is C12H16O5. The van der Waals surface area contributed by atoms with E-state index in [2.05, 4.69) is 4.74 Å². The number of hydrogen-bond donors (Lipinski definition) is 0. The fraction of sp³-hybridized carbons (Fsp3) is 0.417. The third-order valence-corrected chi connectivity index (χ3v) is 2.13. The van der Waals surface area contributed by atoms with Crippen molar-refractivity contribution < 1.29 is 23.7 Å². The van der Waals surface area contributed by atoms with Crippen molar-refractivity contribution in [3.8, 4) is 17.2 Å². The lowest BCUT2D eigenvalue weighted by Crippen LogP contribution is -2.07. The average molecular weight is 240 g/mol. The molecule has 0 saturated carbocycles. The minimum absolute atomic E-state index is 0.204. The molecule has 0 saturated heterocycles. The van der Waals surface area contributed by atoms with E-state index in [1.165, 1.54) is 7.11 Å². The van der Waals surface area contributed by atoms with Crippen LogP contribution in [0.2, 0.25) is 0 Å². The summed E-state index contributed by atoms with van der Waals surface area (Å²) >= 11 is 0. The van der Waals surface area contributed by atoms with Crippen LogP contribution in [-0.2, 0) is 9.53 Å². The molecule has 0 N–H and O–H groups in total. The van der Waals surface area contributed by atoms with Gasteiger partial charge < -0.3 is 18.9 Å². The molecule has 0 spiro atoms. The zero-order chi connectivity index (χ0) is 12.7. The maximum atomic E-state index is 10.9. The maximum absolute atomic E-state index is 10.9. The number of carbonyl (C=O) groups excluding carboxylic acids is 1. The summed E-state index contributed by atoms with van der Waals surface area (Å²) in [7, 11) is 4.47. The molecule has 0 bridgehead atoms. The number of ether oxygens (including phenoxy) is 4. The van der Waals surface area contributed by atoms with E-state index in [-0.39, 0.29) is 19.0 Å². The fourth-order valence-electron chi connectivity index (χ4n) is 1.22. The number of methoxy groups -OCH3 is 3. The van der Waals surface area contributed by atoms with Crippen LogP contribution < -0.4 is 14.2 Å². The van der Waals surface area contributed by atoms with Crippen molar-refractivity contribution in [1.82, 2.24) is 0 Å². The molecule has 0 heterocycles. The lowest BCUT2D eigenvalue weighted by Gasteiger charge is -2.09. The van der Waals surface area contributed by atoms with Crippen molar-refractivity contribution in [2.24, 2.45) is 0 Å². The zero-order valence-electron chi connectivity index (χ0n) is 10.2. The normalized spacial score (nSPS) is 9.59. The van der Waals surface area contributed by atoms with E-state index in [4.69, 9.17) is 14.2 Å². The van der Waals surface area contributed by atoms with Crippen LogP contribution in [-0.4, -0.2) is 33.9 Å². The van der Waals surface area contributed by atoms with E-state index < -0.39 is 0 Å². The Morgan fingerprint density at radius 1 is 1.00 bits per heavy atom. The summed E-state index contributed by atoms with van der Waals surface area (Å²) in [4.78, 5) is 10.9. The molecule has 0 aliphatic heterocycles. The first-order chi connectivity index (χ1) is 8.19. The Bertz CT molecular complexity index is 353. The molecule has 0 aromatic heterocycles. The van der Waals surface area contributed by atoms with Gasteiger partial charge >= 0.3 is 5.97 Å². The van der Waals surface area contributed by atoms with Gasteiger partial charge in [0, 0.05) is 18.2 Å². The Hall–Kier alpha value is -1.91. The molecule has 0 atom stereocenters. The first kappa shape index (κ1) is 13.2. The second-order valence-corrected chi connectivity index (χ2v) is 3.22. The van der Waals surface area contributed by atoms with Crippen LogP contribution in [0.3, 0.4) is 0 Å². The summed E-state index contributed by atoms with van der Waals surface area (Å²) < 4.78 is 20.1. The van der Waals surface area contributed by atoms with Crippen LogP contribution in [0.1, 0.15) is 6.42 Å². The third kappa shape index (κ3) is 4.22. The topological polar surface area (TPSA) is 54.0 Å². The molecule has 0 amide bonds. The smallest absolute Gasteiger partial charge is 0.308 e. The van der Waals surface area contributed by atoms with Crippen LogP contribution in [0.5, 0.6) is 17.2 Å². The molecule has 0 aliphatic carbocycles. The van der Waals surface area contributed by atoms with E-state index in [9.17, 15) is 4.79 Å². The molecule has 0 aliphatic rings. The highest BCUT2D eigenvalue weighted by Gasteiger charge is 2.04. The van der Waals surface area contributed by atoms with Crippen LogP contribution in [0.4, 0.5) is 0 Å². The van der Waals surface area contributed by atoms with Gasteiger partial charge in [0.25, 0.3) is 0 Å². The summed E-state index contributed by atoms with van der Waals surface area (Å²) in [5, 5.41) is 0. The highest BCUT2D eigenvalue weighted by Crippen LogP contribution is 2.27. The number of carbonyl (C=O) groups is 1. The van der Waals surface area contributed by atoms with E-state index in [0.717, 1.165) is 0 Å². The number of rotatable bonds is 6. The standard InChI is InChI=1S/C12H16O5/c1-14-9-6-10(15-2)8-11(7-9)17-5-4-12(13)16-3/h6-8H,4-5H2,1-3H3. The first-order valence-electron chi connectivity index (χ1n) is 5.12. The molecular weight excluding hydrogens is 224 g/mol. The van der Waals surface area contributed by atoms with Crippen LogP contribution in [0.15, 0.2) is 18.2 Å². The van der Waals surface area contributed by atoms with Crippen molar-refractivity contribution in [3.63, 3.8) is 0 Å². The van der Waals surface area contributed by atoms with Gasteiger partial charge in [0.05, 0.1) is 34.4 Å². The number of hydrogen-bond acceptors (Lipinski definition) is 5. The van der Waals surface area contributed by atoms with Gasteiger partial charge in [0.15, 0.2) is 0 Å². The molecule has 94 valence electrons. The van der Waals surface area contributed by atoms with E-state index in [1.807, 2.05) is 0 Å². The first-order valence-corrected chi connectivity index (χ1v) is 5.12. The minimum atomic E-state index is -0.306. The molecule has 17 heavy (non-hydrogen) atoms. The summed E-state index contributed by atoms with van der Waals surface area (Å²) in [6.07, 6.45) is 0.204. The van der Waals surface area contributed by atoms with Crippen LogP contribution in [0.25, 0.3) is 0 Å². The van der Waals surface area contributed by atoms with Gasteiger partial charge in [-0.1, -0.05) is 0 Å². The third-order valence-electron chi connectivity index (χ3n) is 2.13. The Kier molecular flexibility index (Phi) is 5.13. The lowest BCUT2D eigenvalue weighted by atomic mass is 10.3. The molecule has 1 aromatic carbocycles. The maximum Gasteiger partial charge on any atom is 0.308 e. The molecule has 1 rings (SSSR count). The Morgan fingerprint density at radius 3 is 2.00 bits per heavy atom. The zero-order valence-corrected chi connectivity index (χ0v) is 10.2. The average Bonchev–Trinajstić information content (AvgIpc) is 2.37. The molecule has 1 aromatic rings. The van der Waals surface area contributed by atoms with Crippen LogP contribution in [0, 0.1) is 0 Å². The lowest BCUT2D eigenvalue weighted by molar-refractivity contribution is -0.141. The van der Waals surface area contributed by atoms with E-state index in [0.29, 0.717) is 17.2 Å². The fourth-order valence-corrected chi connectivity index (χ4v) is 1.22. The van der Waals surface area contributed by atoms with E-state index >= 15 is 0 Å². The van der Waals surface area contributed by atoms with Gasteiger partial charge in [-0.15, -0.1) is 0 Å². The molecule has 0 unspecified atom stereocenters. The minimum Gasteiger partial charge on any atom is -0.496 e. The quantitative estimate of drug-likeness (QED) is 0.707. The second kappa shape index (κ2) is 6.62. The summed E-state index contributed by atoms with van der Waals surface area (Å²) in [6.45, 7) is 0.253. The van der Waals surface area contributed by atoms with Gasteiger partial charge in [0.2, 0.25) is 0 Å². The predicted octanol–water partition coefficient (Wildman–Crippen LogP) is 1.65. The molecule has 5 nitrogen and oxygen atoms in total.